The van der Waals surface area contributed by atoms with Crippen molar-refractivity contribution >= 4 is 48.9 Å². The Morgan fingerprint density at radius 1 is 1.38 bits per heavy atom. The molecule has 0 spiro atoms. The first kappa shape index (κ1) is 16.3. The van der Waals surface area contributed by atoms with E-state index < -0.39 is 0 Å². The first-order valence-corrected chi connectivity index (χ1v) is 2.77. The molecule has 0 amide bonds. The quantitative estimate of drug-likeness (QED) is 0.658. The maximum atomic E-state index is 2.25. The first-order chi connectivity index (χ1) is 2.77. The van der Waals surface area contributed by atoms with E-state index in [0.717, 1.165) is 5.92 Å². The molecule has 1 nitrogen and oxygen atoms in total. The van der Waals surface area contributed by atoms with Crippen LogP contribution in [0.25, 0.3) is 0 Å². The summed E-state index contributed by atoms with van der Waals surface area (Å²) in [6.45, 7) is 6.73. The van der Waals surface area contributed by atoms with Crippen molar-refractivity contribution in [2.24, 2.45) is 5.92 Å². The van der Waals surface area contributed by atoms with E-state index in [1.807, 2.05) is 0 Å². The Kier molecular flexibility index (Phi) is 23.1. The second-order valence-electron chi connectivity index (χ2n) is 2.18. The summed E-state index contributed by atoms with van der Waals surface area (Å²) in [7, 11) is 0. The molecule has 2 heteroatoms. The average molecular weight is 244 g/mol. The Hall–Kier alpha value is 1.53. The average Bonchev–Trinajstić information content (AvgIpc) is 1.35. The van der Waals surface area contributed by atoms with E-state index in [0.29, 0.717) is 0 Å². The minimum atomic E-state index is 0. The molecule has 50 valence electrons. The summed E-state index contributed by atoms with van der Waals surface area (Å²) in [4.78, 5) is 0. The van der Waals surface area contributed by atoms with Gasteiger partial charge in [-0.1, -0.05) is 33.6 Å². The van der Waals surface area contributed by atoms with Gasteiger partial charge in [0.05, 0.1) is 0 Å². The van der Waals surface area contributed by atoms with Crippen molar-refractivity contribution in [3.8, 4) is 0 Å². The molecular formula is C6H18BaO. The van der Waals surface area contributed by atoms with Crippen LogP contribution in [0.3, 0.4) is 0 Å². The van der Waals surface area contributed by atoms with Gasteiger partial charge >= 0.3 is 48.9 Å². The van der Waals surface area contributed by atoms with Crippen molar-refractivity contribution in [1.82, 2.24) is 0 Å². The van der Waals surface area contributed by atoms with Crippen LogP contribution in [0, 0.1) is 5.92 Å². The van der Waals surface area contributed by atoms with Crippen LogP contribution in [0.2, 0.25) is 0 Å². The van der Waals surface area contributed by atoms with Gasteiger partial charge in [0.25, 0.3) is 0 Å². The summed E-state index contributed by atoms with van der Waals surface area (Å²) >= 11 is 0. The van der Waals surface area contributed by atoms with Gasteiger partial charge in [0.15, 0.2) is 0 Å². The molecule has 0 saturated carbocycles. The Morgan fingerprint density at radius 2 is 1.75 bits per heavy atom. The topological polar surface area (TPSA) is 31.5 Å². The van der Waals surface area contributed by atoms with Crippen LogP contribution < -0.4 is 0 Å². The SMILES string of the molecule is CCCC(C)C.O.[Ba+2].[H-].[H-]. The standard InChI is InChI=1S/C6H14.Ba.H2O.2H/c1-4-5-6(2)3;;;;/h6H,4-5H2,1-3H3;;1H2;;/q;+2;;2*-1. The molecule has 0 saturated heterocycles. The summed E-state index contributed by atoms with van der Waals surface area (Å²) in [6, 6.07) is 0. The normalized spacial score (nSPS) is 7.50. The zero-order valence-electron chi connectivity index (χ0n) is 8.20. The minimum absolute atomic E-state index is 0. The molecule has 0 atom stereocenters. The zero-order valence-corrected chi connectivity index (χ0v) is 10.6. The summed E-state index contributed by atoms with van der Waals surface area (Å²) in [5.74, 6) is 0.898. The van der Waals surface area contributed by atoms with E-state index in [4.69, 9.17) is 0 Å². The smallest absolute Gasteiger partial charge is 1.00 e. The number of hydrogen-bond acceptors (Lipinski definition) is 0. The molecule has 0 unspecified atom stereocenters. The molecule has 0 bridgehead atoms. The molecule has 0 aliphatic rings. The Morgan fingerprint density at radius 3 is 1.75 bits per heavy atom. The molecule has 0 rings (SSSR count). The fraction of sp³-hybridized carbons (Fsp3) is 1.00. The van der Waals surface area contributed by atoms with Crippen LogP contribution in [0.5, 0.6) is 0 Å². The monoisotopic (exact) mass is 244 g/mol. The molecule has 0 aromatic rings. The zero-order chi connectivity index (χ0) is 4.99. The van der Waals surface area contributed by atoms with Crippen LogP contribution in [0.1, 0.15) is 36.5 Å². The summed E-state index contributed by atoms with van der Waals surface area (Å²) in [5.41, 5.74) is 0. The predicted molar refractivity (Wildman–Crippen MR) is 41.3 cm³/mol. The van der Waals surface area contributed by atoms with Crippen LogP contribution in [-0.2, 0) is 0 Å². The van der Waals surface area contributed by atoms with Crippen molar-refractivity contribution in [1.29, 1.82) is 0 Å². The third-order valence-electron chi connectivity index (χ3n) is 0.866. The van der Waals surface area contributed by atoms with Gasteiger partial charge in [0.2, 0.25) is 0 Å². The molecule has 2 N–H and O–H groups in total. The maximum Gasteiger partial charge on any atom is 2.00 e. The van der Waals surface area contributed by atoms with Gasteiger partial charge in [0.1, 0.15) is 0 Å². The molecule has 0 heterocycles. The van der Waals surface area contributed by atoms with Gasteiger partial charge in [-0.25, -0.2) is 0 Å². The molecule has 0 fully saturated rings. The molecule has 8 heavy (non-hydrogen) atoms. The van der Waals surface area contributed by atoms with E-state index in [1.165, 1.54) is 12.8 Å². The molecule has 0 radical (unpaired) electrons. The van der Waals surface area contributed by atoms with Crippen molar-refractivity contribution in [2.75, 3.05) is 0 Å². The summed E-state index contributed by atoms with van der Waals surface area (Å²) in [6.07, 6.45) is 2.71. The van der Waals surface area contributed by atoms with Crippen molar-refractivity contribution in [3.63, 3.8) is 0 Å². The third-order valence-corrected chi connectivity index (χ3v) is 0.866. The molecule has 0 aromatic heterocycles. The maximum absolute atomic E-state index is 2.25. The van der Waals surface area contributed by atoms with Crippen LogP contribution >= 0.6 is 0 Å². The number of hydrogen-bond donors (Lipinski definition) is 0. The van der Waals surface area contributed by atoms with Gasteiger partial charge in [-0.3, -0.25) is 0 Å². The van der Waals surface area contributed by atoms with Gasteiger partial charge in [-0.2, -0.15) is 0 Å². The van der Waals surface area contributed by atoms with E-state index in [1.54, 1.807) is 0 Å². The predicted octanol–water partition coefficient (Wildman–Crippen LogP) is 1.46. The first-order valence-electron chi connectivity index (χ1n) is 2.77. The van der Waals surface area contributed by atoms with Crippen LogP contribution in [-0.4, -0.2) is 54.4 Å². The van der Waals surface area contributed by atoms with Gasteiger partial charge in [-0.05, 0) is 5.92 Å². The van der Waals surface area contributed by atoms with Crippen LogP contribution in [0.4, 0.5) is 0 Å². The van der Waals surface area contributed by atoms with E-state index >= 15 is 0 Å². The van der Waals surface area contributed by atoms with Crippen molar-refractivity contribution in [3.05, 3.63) is 0 Å². The second-order valence-corrected chi connectivity index (χ2v) is 2.18. The largest absolute Gasteiger partial charge is 2.00 e. The van der Waals surface area contributed by atoms with Crippen molar-refractivity contribution in [2.45, 2.75) is 33.6 Å². The van der Waals surface area contributed by atoms with Crippen molar-refractivity contribution < 1.29 is 8.33 Å². The molecule has 0 aliphatic carbocycles. The van der Waals surface area contributed by atoms with Crippen LogP contribution in [0.15, 0.2) is 0 Å². The molecule has 0 aromatic carbocycles. The Labute approximate surface area is 95.6 Å². The van der Waals surface area contributed by atoms with E-state index in [-0.39, 0.29) is 57.2 Å². The number of rotatable bonds is 2. The Bertz CT molecular complexity index is 36.9. The second kappa shape index (κ2) is 11.3. The molecular weight excluding hydrogens is 225 g/mol. The van der Waals surface area contributed by atoms with E-state index in [9.17, 15) is 0 Å². The minimum Gasteiger partial charge on any atom is -1.00 e. The van der Waals surface area contributed by atoms with Gasteiger partial charge in [0, 0.05) is 0 Å². The fourth-order valence-electron chi connectivity index (χ4n) is 0.577. The summed E-state index contributed by atoms with van der Waals surface area (Å²) in [5, 5.41) is 0. The fourth-order valence-corrected chi connectivity index (χ4v) is 0.577. The van der Waals surface area contributed by atoms with Gasteiger partial charge in [-0.15, -0.1) is 0 Å². The van der Waals surface area contributed by atoms with E-state index in [2.05, 4.69) is 20.8 Å². The third kappa shape index (κ3) is 15.6. The molecule has 0 aliphatic heterocycles. The summed E-state index contributed by atoms with van der Waals surface area (Å²) < 4.78 is 0. The van der Waals surface area contributed by atoms with Gasteiger partial charge < -0.3 is 8.33 Å². The Balaban J connectivity index is -0.0000000208.